The molecule has 0 saturated carbocycles. The van der Waals surface area contributed by atoms with E-state index in [1.54, 1.807) is 0 Å². The van der Waals surface area contributed by atoms with Crippen molar-refractivity contribution >= 4 is 11.8 Å². The molecule has 0 aromatic heterocycles. The van der Waals surface area contributed by atoms with E-state index in [1.165, 1.54) is 11.1 Å². The Morgan fingerprint density at radius 1 is 0.559 bits per heavy atom. The van der Waals surface area contributed by atoms with Crippen LogP contribution in [0.4, 0.5) is 0 Å². The first-order chi connectivity index (χ1) is 15.3. The van der Waals surface area contributed by atoms with Crippen molar-refractivity contribution in [3.05, 3.63) is 59.7 Å². The molecule has 190 valence electrons. The average molecular weight is 485 g/mol. The van der Waals surface area contributed by atoms with Crippen LogP contribution < -0.4 is 9.47 Å². The van der Waals surface area contributed by atoms with Crippen LogP contribution in [-0.2, 0) is 5.41 Å². The molecule has 2 rings (SSSR count). The van der Waals surface area contributed by atoms with Gasteiger partial charge in [0, 0.05) is 14.9 Å². The predicted molar refractivity (Wildman–Crippen MR) is 151 cm³/mol. The van der Waals surface area contributed by atoms with Gasteiger partial charge >= 0.3 is 0 Å². The molecule has 0 aliphatic carbocycles. The van der Waals surface area contributed by atoms with Crippen LogP contribution in [0.3, 0.4) is 0 Å². The Morgan fingerprint density at radius 2 is 0.971 bits per heavy atom. The lowest BCUT2D eigenvalue weighted by Crippen LogP contribution is -2.32. The topological polar surface area (TPSA) is 18.5 Å². The van der Waals surface area contributed by atoms with Crippen molar-refractivity contribution in [2.24, 2.45) is 0 Å². The smallest absolute Gasteiger partial charge is 0.120 e. The maximum Gasteiger partial charge on any atom is 0.120 e. The lowest BCUT2D eigenvalue weighted by atomic mass is 9.78. The second kappa shape index (κ2) is 10.2. The first-order valence-corrected chi connectivity index (χ1v) is 13.4. The molecule has 0 N–H and O–H groups in total. The van der Waals surface area contributed by atoms with Crippen molar-refractivity contribution in [2.75, 3.05) is 0 Å². The lowest BCUT2D eigenvalue weighted by Gasteiger charge is -2.35. The highest BCUT2D eigenvalue weighted by molar-refractivity contribution is 8.01. The SMILES string of the molecule is CC(C)(C)Oc1ccc(C(C)(C)c2ccc(OC(C)(C)CCC(C)(C)SC(C)(C)C)cc2)cc1. The summed E-state index contributed by atoms with van der Waals surface area (Å²) in [6, 6.07) is 17.1. The molecule has 0 unspecified atom stereocenters. The number of benzene rings is 2. The van der Waals surface area contributed by atoms with Gasteiger partial charge in [-0.05, 0) is 82.9 Å². The Bertz CT molecular complexity index is 908. The molecule has 0 atom stereocenters. The summed E-state index contributed by atoms with van der Waals surface area (Å²) >= 11 is 2.05. The van der Waals surface area contributed by atoms with Crippen LogP contribution in [0.5, 0.6) is 11.5 Å². The highest BCUT2D eigenvalue weighted by Crippen LogP contribution is 2.41. The summed E-state index contributed by atoms with van der Waals surface area (Å²) in [7, 11) is 0. The number of hydrogen-bond acceptors (Lipinski definition) is 3. The second-order valence-corrected chi connectivity index (χ2v) is 15.8. The molecule has 3 heteroatoms. The standard InChI is InChI=1S/C31H48O2S/c1-27(2,3)32-25-17-13-23(14-18-25)31(11,12)24-15-19-26(20-16-24)33-29(7,8)21-22-30(9,10)34-28(4,5)6/h13-20H,21-22H2,1-12H3. The van der Waals surface area contributed by atoms with E-state index in [4.69, 9.17) is 9.47 Å². The summed E-state index contributed by atoms with van der Waals surface area (Å²) in [5.74, 6) is 1.84. The maximum atomic E-state index is 6.44. The summed E-state index contributed by atoms with van der Waals surface area (Å²) in [5, 5.41) is 0. The van der Waals surface area contributed by atoms with Crippen LogP contribution in [0.1, 0.15) is 107 Å². The van der Waals surface area contributed by atoms with Gasteiger partial charge in [0.05, 0.1) is 0 Å². The highest BCUT2D eigenvalue weighted by atomic mass is 32.2. The minimum atomic E-state index is -0.213. The minimum Gasteiger partial charge on any atom is -0.488 e. The predicted octanol–water partition coefficient (Wildman–Crippen LogP) is 9.44. The van der Waals surface area contributed by atoms with Gasteiger partial charge in [-0.25, -0.2) is 0 Å². The van der Waals surface area contributed by atoms with Crippen LogP contribution in [0.15, 0.2) is 48.5 Å². The largest absolute Gasteiger partial charge is 0.488 e. The molecule has 0 spiro atoms. The van der Waals surface area contributed by atoms with Crippen LogP contribution in [0.2, 0.25) is 0 Å². The fourth-order valence-electron chi connectivity index (χ4n) is 4.25. The molecule has 0 bridgehead atoms. The van der Waals surface area contributed by atoms with Crippen molar-refractivity contribution < 1.29 is 9.47 Å². The van der Waals surface area contributed by atoms with E-state index in [0.717, 1.165) is 24.3 Å². The summed E-state index contributed by atoms with van der Waals surface area (Å²) in [6.45, 7) is 26.7. The molecule has 2 aromatic carbocycles. The molecule has 0 heterocycles. The van der Waals surface area contributed by atoms with Crippen molar-refractivity contribution in [3.63, 3.8) is 0 Å². The first-order valence-electron chi connectivity index (χ1n) is 12.6. The Morgan fingerprint density at radius 3 is 1.35 bits per heavy atom. The molecular formula is C31H48O2S. The van der Waals surface area contributed by atoms with Crippen molar-refractivity contribution in [1.82, 2.24) is 0 Å². The number of rotatable bonds is 9. The fraction of sp³-hybridized carbons (Fsp3) is 0.613. The summed E-state index contributed by atoms with van der Waals surface area (Å²) in [4.78, 5) is 0. The Hall–Kier alpha value is -1.61. The van der Waals surface area contributed by atoms with E-state index in [-0.39, 0.29) is 26.1 Å². The highest BCUT2D eigenvalue weighted by Gasteiger charge is 2.30. The van der Waals surface area contributed by atoms with Crippen LogP contribution in [0, 0.1) is 0 Å². The zero-order valence-corrected chi connectivity index (χ0v) is 24.6. The molecule has 0 fully saturated rings. The van der Waals surface area contributed by atoms with Gasteiger partial charge in [-0.3, -0.25) is 0 Å². The molecule has 0 aliphatic rings. The summed E-state index contributed by atoms with van der Waals surface area (Å²) in [6.07, 6.45) is 2.13. The van der Waals surface area contributed by atoms with Crippen molar-refractivity contribution in [2.45, 2.75) is 122 Å². The van der Waals surface area contributed by atoms with Crippen LogP contribution in [0.25, 0.3) is 0 Å². The Kier molecular flexibility index (Phi) is 8.56. The fourth-order valence-corrected chi connectivity index (χ4v) is 6.11. The lowest BCUT2D eigenvalue weighted by molar-refractivity contribution is 0.0943. The number of ether oxygens (including phenoxy) is 2. The summed E-state index contributed by atoms with van der Waals surface area (Å²) < 4.78 is 12.9. The number of hydrogen-bond donors (Lipinski definition) is 0. The number of thioether (sulfide) groups is 1. The Balaban J connectivity index is 2.06. The zero-order valence-electron chi connectivity index (χ0n) is 23.8. The van der Waals surface area contributed by atoms with Gasteiger partial charge in [0.1, 0.15) is 22.7 Å². The van der Waals surface area contributed by atoms with E-state index in [0.29, 0.717) is 0 Å². The van der Waals surface area contributed by atoms with Crippen LogP contribution in [-0.4, -0.2) is 20.7 Å². The molecule has 0 amide bonds. The first kappa shape index (κ1) is 28.6. The summed E-state index contributed by atoms with van der Waals surface area (Å²) in [5.41, 5.74) is 2.02. The Labute approximate surface area is 214 Å². The minimum absolute atomic E-state index is 0.109. The third-order valence-corrected chi connectivity index (χ3v) is 7.25. The molecule has 0 aliphatic heterocycles. The van der Waals surface area contributed by atoms with Gasteiger partial charge in [0.2, 0.25) is 0 Å². The normalized spacial score (nSPS) is 13.6. The van der Waals surface area contributed by atoms with Gasteiger partial charge in [-0.1, -0.05) is 72.7 Å². The van der Waals surface area contributed by atoms with Gasteiger partial charge in [0.25, 0.3) is 0 Å². The van der Waals surface area contributed by atoms with Gasteiger partial charge < -0.3 is 9.47 Å². The molecule has 2 aromatic rings. The third-order valence-electron chi connectivity index (χ3n) is 5.88. The molecule has 0 saturated heterocycles. The second-order valence-electron chi connectivity index (χ2n) is 13.2. The third kappa shape index (κ3) is 9.21. The zero-order chi connectivity index (χ0) is 26.0. The van der Waals surface area contributed by atoms with E-state index >= 15 is 0 Å². The van der Waals surface area contributed by atoms with Crippen LogP contribution >= 0.6 is 11.8 Å². The molecule has 0 radical (unpaired) electrons. The quantitative estimate of drug-likeness (QED) is 0.353. The van der Waals surface area contributed by atoms with Gasteiger partial charge in [0.15, 0.2) is 0 Å². The van der Waals surface area contributed by atoms with E-state index in [1.807, 2.05) is 11.8 Å². The van der Waals surface area contributed by atoms with Gasteiger partial charge in [-0.15, -0.1) is 11.8 Å². The van der Waals surface area contributed by atoms with Gasteiger partial charge in [-0.2, -0.15) is 0 Å². The molecule has 2 nitrogen and oxygen atoms in total. The van der Waals surface area contributed by atoms with Crippen molar-refractivity contribution in [3.8, 4) is 11.5 Å². The maximum absolute atomic E-state index is 6.44. The van der Waals surface area contributed by atoms with E-state index in [9.17, 15) is 0 Å². The molecular weight excluding hydrogens is 436 g/mol. The van der Waals surface area contributed by atoms with Crippen molar-refractivity contribution in [1.29, 1.82) is 0 Å². The average Bonchev–Trinajstić information content (AvgIpc) is 2.64. The van der Waals surface area contributed by atoms with E-state index < -0.39 is 0 Å². The van der Waals surface area contributed by atoms with E-state index in [2.05, 4.69) is 132 Å². The monoisotopic (exact) mass is 484 g/mol. The molecule has 34 heavy (non-hydrogen) atoms.